The normalized spacial score (nSPS) is 25.4. The van der Waals surface area contributed by atoms with Crippen LogP contribution in [0, 0.1) is 0 Å². The predicted octanol–water partition coefficient (Wildman–Crippen LogP) is 4.67. The van der Waals surface area contributed by atoms with E-state index in [4.69, 9.17) is 0 Å². The lowest BCUT2D eigenvalue weighted by Gasteiger charge is -2.31. The highest BCUT2D eigenvalue weighted by molar-refractivity contribution is 5.87. The topological polar surface area (TPSA) is 17.0 Å². The largest absolute Gasteiger partial charge is 0.342 e. The van der Waals surface area contributed by atoms with E-state index in [2.05, 4.69) is 28.1 Å². The fourth-order valence-corrected chi connectivity index (χ4v) is 5.22. The first-order chi connectivity index (χ1) is 10.9. The molecule has 0 saturated heterocycles. The molecular weight excluding hydrogens is 268 g/mol. The Morgan fingerprint density at radius 2 is 1.91 bits per heavy atom. The van der Waals surface area contributed by atoms with Crippen LogP contribution in [0.4, 0.5) is 0 Å². The van der Waals surface area contributed by atoms with Gasteiger partial charge in [-0.1, -0.05) is 25.3 Å². The number of fused-ring (bicyclic) bond motifs is 3. The van der Waals surface area contributed by atoms with Gasteiger partial charge in [-0.15, -0.1) is 0 Å². The van der Waals surface area contributed by atoms with Gasteiger partial charge < -0.3 is 9.88 Å². The van der Waals surface area contributed by atoms with E-state index in [0.717, 1.165) is 19.0 Å². The molecule has 2 aromatic rings. The van der Waals surface area contributed by atoms with Crippen LogP contribution < -0.4 is 5.32 Å². The van der Waals surface area contributed by atoms with Gasteiger partial charge in [-0.3, -0.25) is 0 Å². The van der Waals surface area contributed by atoms with Gasteiger partial charge in [0, 0.05) is 35.7 Å². The molecule has 1 N–H and O–H groups in total. The monoisotopic (exact) mass is 294 g/mol. The maximum absolute atomic E-state index is 3.74. The number of nitrogens with zero attached hydrogens (tertiary/aromatic N) is 1. The maximum Gasteiger partial charge on any atom is 0.0486 e. The third kappa shape index (κ3) is 1.89. The highest BCUT2D eigenvalue weighted by atomic mass is 15.1. The lowest BCUT2D eigenvalue weighted by molar-refractivity contribution is 0.384. The molecule has 5 rings (SSSR count). The van der Waals surface area contributed by atoms with Gasteiger partial charge in [0.15, 0.2) is 0 Å². The van der Waals surface area contributed by atoms with E-state index in [1.165, 1.54) is 56.9 Å². The van der Waals surface area contributed by atoms with Crippen molar-refractivity contribution < 1.29 is 0 Å². The zero-order valence-corrected chi connectivity index (χ0v) is 13.4. The van der Waals surface area contributed by atoms with E-state index >= 15 is 0 Å². The first kappa shape index (κ1) is 13.2. The molecule has 0 bridgehead atoms. The van der Waals surface area contributed by atoms with E-state index in [1.54, 1.807) is 22.2 Å². The summed E-state index contributed by atoms with van der Waals surface area (Å²) in [6.45, 7) is 2.27. The molecule has 1 aromatic carbocycles. The van der Waals surface area contributed by atoms with Gasteiger partial charge in [-0.05, 0) is 61.3 Å². The Kier molecular flexibility index (Phi) is 3.07. The molecule has 2 heterocycles. The van der Waals surface area contributed by atoms with Gasteiger partial charge >= 0.3 is 0 Å². The highest BCUT2D eigenvalue weighted by Crippen LogP contribution is 2.41. The molecule has 2 heteroatoms. The summed E-state index contributed by atoms with van der Waals surface area (Å²) in [7, 11) is 0. The van der Waals surface area contributed by atoms with Crippen molar-refractivity contribution in [2.75, 3.05) is 6.54 Å². The average Bonchev–Trinajstić information content (AvgIpc) is 2.92. The highest BCUT2D eigenvalue weighted by Gasteiger charge is 2.30. The Morgan fingerprint density at radius 3 is 2.82 bits per heavy atom. The quantitative estimate of drug-likeness (QED) is 0.808. The van der Waals surface area contributed by atoms with E-state index in [0.29, 0.717) is 6.04 Å². The molecule has 3 aliphatic rings. The molecule has 1 fully saturated rings. The fraction of sp³-hybridized carbons (Fsp3) is 0.600. The second-order valence-electron chi connectivity index (χ2n) is 7.53. The summed E-state index contributed by atoms with van der Waals surface area (Å²) in [6, 6.07) is 8.04. The summed E-state index contributed by atoms with van der Waals surface area (Å²) >= 11 is 0. The van der Waals surface area contributed by atoms with Gasteiger partial charge in [-0.25, -0.2) is 0 Å². The standard InChI is InChI=1S/C20H26N2/c1-2-5-14(6-3-1)15-9-10-19-17(13-15)16-7-4-8-18-20(16)22(19)12-11-21-18/h9-10,13-14,18,21H,1-8,11-12H2/t18-/m1/s1. The van der Waals surface area contributed by atoms with Crippen molar-refractivity contribution in [2.24, 2.45) is 0 Å². The second kappa shape index (κ2) is 5.13. The van der Waals surface area contributed by atoms with Gasteiger partial charge in [-0.2, -0.15) is 0 Å². The van der Waals surface area contributed by atoms with E-state index in [9.17, 15) is 0 Å². The predicted molar refractivity (Wildman–Crippen MR) is 91.4 cm³/mol. The fourth-order valence-electron chi connectivity index (χ4n) is 5.22. The van der Waals surface area contributed by atoms with Crippen molar-refractivity contribution in [3.05, 3.63) is 35.0 Å². The van der Waals surface area contributed by atoms with E-state index in [1.807, 2.05) is 0 Å². The van der Waals surface area contributed by atoms with Crippen molar-refractivity contribution in [3.63, 3.8) is 0 Å². The molecule has 0 amide bonds. The molecule has 1 aromatic heterocycles. The van der Waals surface area contributed by atoms with Crippen LogP contribution >= 0.6 is 0 Å². The van der Waals surface area contributed by atoms with E-state index in [-0.39, 0.29) is 0 Å². The molecular formula is C20H26N2. The summed E-state index contributed by atoms with van der Waals surface area (Å²) in [4.78, 5) is 0. The summed E-state index contributed by atoms with van der Waals surface area (Å²) < 4.78 is 2.62. The molecule has 0 unspecified atom stereocenters. The molecule has 1 saturated carbocycles. The number of rotatable bonds is 1. The zero-order chi connectivity index (χ0) is 14.5. The summed E-state index contributed by atoms with van der Waals surface area (Å²) in [5, 5.41) is 5.31. The molecule has 2 nitrogen and oxygen atoms in total. The Labute approximate surface area is 132 Å². The summed E-state index contributed by atoms with van der Waals surface area (Å²) in [5.41, 5.74) is 6.39. The Balaban J connectivity index is 1.66. The van der Waals surface area contributed by atoms with Crippen LogP contribution in [0.15, 0.2) is 18.2 Å². The Morgan fingerprint density at radius 1 is 1.00 bits per heavy atom. The van der Waals surface area contributed by atoms with Crippen LogP contribution in [0.2, 0.25) is 0 Å². The number of aromatic nitrogens is 1. The molecule has 22 heavy (non-hydrogen) atoms. The smallest absolute Gasteiger partial charge is 0.0486 e. The van der Waals surface area contributed by atoms with Crippen molar-refractivity contribution in [1.29, 1.82) is 0 Å². The van der Waals surface area contributed by atoms with Crippen molar-refractivity contribution in [2.45, 2.75) is 69.9 Å². The SMILES string of the molecule is c1cc2c(cc1C1CCCCC1)c1c3n2CCN[C@@H]3CCC1. The number of hydrogen-bond donors (Lipinski definition) is 1. The Bertz CT molecular complexity index is 704. The van der Waals surface area contributed by atoms with Crippen LogP contribution in [0.1, 0.15) is 73.7 Å². The second-order valence-corrected chi connectivity index (χ2v) is 7.53. The van der Waals surface area contributed by atoms with E-state index < -0.39 is 0 Å². The van der Waals surface area contributed by atoms with Gasteiger partial charge in [0.2, 0.25) is 0 Å². The average molecular weight is 294 g/mol. The van der Waals surface area contributed by atoms with Gasteiger partial charge in [0.25, 0.3) is 0 Å². The van der Waals surface area contributed by atoms with Gasteiger partial charge in [0.1, 0.15) is 0 Å². The molecule has 1 atom stereocenters. The van der Waals surface area contributed by atoms with Crippen LogP contribution in [0.5, 0.6) is 0 Å². The van der Waals surface area contributed by atoms with Crippen LogP contribution in [0.3, 0.4) is 0 Å². The number of benzene rings is 1. The first-order valence-electron chi connectivity index (χ1n) is 9.30. The van der Waals surface area contributed by atoms with Gasteiger partial charge in [0.05, 0.1) is 0 Å². The third-order valence-electron chi connectivity index (χ3n) is 6.29. The number of hydrogen-bond acceptors (Lipinski definition) is 1. The van der Waals surface area contributed by atoms with Crippen LogP contribution in [-0.2, 0) is 13.0 Å². The molecule has 0 radical (unpaired) electrons. The lowest BCUT2D eigenvalue weighted by Crippen LogP contribution is -2.35. The molecule has 2 aliphatic carbocycles. The molecule has 1 aliphatic heterocycles. The summed E-state index contributed by atoms with van der Waals surface area (Å²) in [5.74, 6) is 0.819. The van der Waals surface area contributed by atoms with Crippen molar-refractivity contribution in [1.82, 2.24) is 9.88 Å². The summed E-state index contributed by atoms with van der Waals surface area (Å²) in [6.07, 6.45) is 11.0. The van der Waals surface area contributed by atoms with Crippen molar-refractivity contribution in [3.8, 4) is 0 Å². The lowest BCUT2D eigenvalue weighted by atomic mass is 9.83. The maximum atomic E-state index is 3.74. The van der Waals surface area contributed by atoms with Crippen LogP contribution in [-0.4, -0.2) is 11.1 Å². The minimum absolute atomic E-state index is 0.614. The zero-order valence-electron chi connectivity index (χ0n) is 13.4. The number of aryl methyl sites for hydroxylation is 1. The minimum Gasteiger partial charge on any atom is -0.342 e. The van der Waals surface area contributed by atoms with Crippen LogP contribution in [0.25, 0.3) is 10.9 Å². The van der Waals surface area contributed by atoms with Crippen molar-refractivity contribution >= 4 is 10.9 Å². The number of nitrogens with one attached hydrogen (secondary N) is 1. The molecule has 0 spiro atoms. The first-order valence-corrected chi connectivity index (χ1v) is 9.30. The Hall–Kier alpha value is -1.28. The minimum atomic E-state index is 0.614. The third-order valence-corrected chi connectivity index (χ3v) is 6.29. The molecule has 116 valence electrons.